The molecule has 1 aliphatic heterocycles. The summed E-state index contributed by atoms with van der Waals surface area (Å²) in [7, 11) is 0. The van der Waals surface area contributed by atoms with Crippen molar-refractivity contribution in [3.8, 4) is 5.75 Å². The van der Waals surface area contributed by atoms with Gasteiger partial charge in [0.05, 0.1) is 6.04 Å². The van der Waals surface area contributed by atoms with Crippen LogP contribution in [0.4, 0.5) is 4.39 Å². The molecule has 0 saturated carbocycles. The summed E-state index contributed by atoms with van der Waals surface area (Å²) in [6.45, 7) is 6.81. The molecule has 0 fully saturated rings. The van der Waals surface area contributed by atoms with Crippen molar-refractivity contribution in [2.45, 2.75) is 58.7 Å². The molecule has 0 aliphatic carbocycles. The van der Waals surface area contributed by atoms with Crippen molar-refractivity contribution in [2.24, 2.45) is 0 Å². The van der Waals surface area contributed by atoms with Gasteiger partial charge in [-0.05, 0) is 66.3 Å². The van der Waals surface area contributed by atoms with E-state index in [1.807, 2.05) is 43.0 Å². The minimum Gasteiger partial charge on any atom is -0.481 e. The summed E-state index contributed by atoms with van der Waals surface area (Å²) >= 11 is 0. The Morgan fingerprint density at radius 2 is 1.86 bits per heavy atom. The predicted octanol–water partition coefficient (Wildman–Crippen LogP) is 5.49. The lowest BCUT2D eigenvalue weighted by atomic mass is 9.87. The lowest BCUT2D eigenvalue weighted by Gasteiger charge is -2.38. The van der Waals surface area contributed by atoms with Gasteiger partial charge in [0.25, 0.3) is 5.91 Å². The van der Waals surface area contributed by atoms with Crippen LogP contribution in [0.15, 0.2) is 66.7 Å². The Balaban J connectivity index is 1.57. The van der Waals surface area contributed by atoms with Crippen LogP contribution in [0.1, 0.15) is 60.5 Å². The fourth-order valence-electron chi connectivity index (χ4n) is 4.73. The highest BCUT2D eigenvalue weighted by Crippen LogP contribution is 2.38. The Labute approximate surface area is 212 Å². The maximum absolute atomic E-state index is 13.1. The molecule has 2 amide bonds. The molecular formula is C30H33FN2O3. The van der Waals surface area contributed by atoms with E-state index in [9.17, 15) is 14.0 Å². The Morgan fingerprint density at radius 1 is 1.08 bits per heavy atom. The van der Waals surface area contributed by atoms with Gasteiger partial charge in [0, 0.05) is 19.5 Å². The molecule has 6 heteroatoms. The summed E-state index contributed by atoms with van der Waals surface area (Å²) in [4.78, 5) is 27.7. The van der Waals surface area contributed by atoms with Gasteiger partial charge in [-0.3, -0.25) is 9.59 Å². The zero-order chi connectivity index (χ0) is 25.7. The minimum atomic E-state index is -0.669. The van der Waals surface area contributed by atoms with Gasteiger partial charge in [0.15, 0.2) is 6.10 Å². The molecule has 5 nitrogen and oxygen atoms in total. The van der Waals surface area contributed by atoms with E-state index in [1.54, 1.807) is 12.1 Å². The molecule has 0 aromatic heterocycles. The van der Waals surface area contributed by atoms with Crippen LogP contribution in [0, 0.1) is 12.7 Å². The standard InChI is InChI=1S/C30H33FN2O3/c1-4-27(30(35)32-19-21-9-12-24(31)13-10-21)36-25-14-11-22-15-16-33(28(34)5-2)29(26(22)18-25)23-8-6-7-20(3)17-23/h6-14,17-18,27,29H,4-5,15-16,19H2,1-3H3,(H,32,35). The van der Waals surface area contributed by atoms with Crippen LogP contribution >= 0.6 is 0 Å². The van der Waals surface area contributed by atoms with E-state index in [1.165, 1.54) is 17.7 Å². The lowest BCUT2D eigenvalue weighted by molar-refractivity contribution is -0.133. The highest BCUT2D eigenvalue weighted by Gasteiger charge is 2.32. The van der Waals surface area contributed by atoms with E-state index in [0.717, 1.165) is 28.7 Å². The number of hydrogen-bond donors (Lipinski definition) is 1. The van der Waals surface area contributed by atoms with Crippen LogP contribution in [0.5, 0.6) is 5.75 Å². The quantitative estimate of drug-likeness (QED) is 0.456. The van der Waals surface area contributed by atoms with E-state index < -0.39 is 6.10 Å². The first-order chi connectivity index (χ1) is 17.4. The van der Waals surface area contributed by atoms with Crippen molar-refractivity contribution in [1.82, 2.24) is 10.2 Å². The summed E-state index contributed by atoms with van der Waals surface area (Å²) < 4.78 is 19.3. The Bertz CT molecular complexity index is 1230. The first-order valence-corrected chi connectivity index (χ1v) is 12.6. The fraction of sp³-hybridized carbons (Fsp3) is 0.333. The molecular weight excluding hydrogens is 455 g/mol. The highest BCUT2D eigenvalue weighted by molar-refractivity contribution is 5.81. The molecule has 1 aliphatic rings. The number of benzene rings is 3. The van der Waals surface area contributed by atoms with Crippen LogP contribution in [0.2, 0.25) is 0 Å². The Kier molecular flexibility index (Phi) is 8.04. The SMILES string of the molecule is CCC(=O)N1CCc2ccc(OC(CC)C(=O)NCc3ccc(F)cc3)cc2C1c1cccc(C)c1. The largest absolute Gasteiger partial charge is 0.481 e. The molecule has 2 atom stereocenters. The maximum atomic E-state index is 13.1. The van der Waals surface area contributed by atoms with Gasteiger partial charge in [0.2, 0.25) is 5.91 Å². The van der Waals surface area contributed by atoms with Crippen molar-refractivity contribution in [3.05, 3.63) is 100 Å². The number of rotatable bonds is 8. The van der Waals surface area contributed by atoms with Crippen LogP contribution in [-0.4, -0.2) is 29.4 Å². The van der Waals surface area contributed by atoms with Crippen LogP contribution in [0.3, 0.4) is 0 Å². The lowest BCUT2D eigenvalue weighted by Crippen LogP contribution is -2.40. The molecule has 3 aromatic carbocycles. The maximum Gasteiger partial charge on any atom is 0.261 e. The van der Waals surface area contributed by atoms with Gasteiger partial charge >= 0.3 is 0 Å². The Hall–Kier alpha value is -3.67. The number of fused-ring (bicyclic) bond motifs is 1. The number of carbonyl (C=O) groups is 2. The van der Waals surface area contributed by atoms with E-state index in [0.29, 0.717) is 31.7 Å². The second-order valence-corrected chi connectivity index (χ2v) is 9.23. The summed E-state index contributed by atoms with van der Waals surface area (Å²) in [5.74, 6) is 0.180. The smallest absolute Gasteiger partial charge is 0.261 e. The zero-order valence-electron chi connectivity index (χ0n) is 21.1. The summed E-state index contributed by atoms with van der Waals surface area (Å²) in [6, 6.07) is 20.0. The van der Waals surface area contributed by atoms with Gasteiger partial charge in [-0.25, -0.2) is 4.39 Å². The third kappa shape index (κ3) is 5.76. The molecule has 1 heterocycles. The van der Waals surface area contributed by atoms with Crippen molar-refractivity contribution in [1.29, 1.82) is 0 Å². The number of halogens is 1. The summed E-state index contributed by atoms with van der Waals surface area (Å²) in [5.41, 5.74) is 5.24. The second kappa shape index (κ2) is 11.4. The zero-order valence-corrected chi connectivity index (χ0v) is 21.1. The van der Waals surface area contributed by atoms with Crippen molar-refractivity contribution < 1.29 is 18.7 Å². The monoisotopic (exact) mass is 488 g/mol. The summed E-state index contributed by atoms with van der Waals surface area (Å²) in [5, 5.41) is 2.88. The topological polar surface area (TPSA) is 58.6 Å². The Morgan fingerprint density at radius 3 is 2.56 bits per heavy atom. The normalized spacial score (nSPS) is 15.7. The van der Waals surface area contributed by atoms with E-state index in [4.69, 9.17) is 4.74 Å². The molecule has 0 saturated heterocycles. The molecule has 0 spiro atoms. The average Bonchev–Trinajstić information content (AvgIpc) is 2.90. The fourth-order valence-corrected chi connectivity index (χ4v) is 4.73. The molecule has 188 valence electrons. The molecule has 36 heavy (non-hydrogen) atoms. The number of aryl methyl sites for hydroxylation is 1. The molecule has 0 radical (unpaired) electrons. The first kappa shape index (κ1) is 25.4. The number of nitrogens with zero attached hydrogens (tertiary/aromatic N) is 1. The molecule has 1 N–H and O–H groups in total. The van der Waals surface area contributed by atoms with Gasteiger partial charge in [-0.15, -0.1) is 0 Å². The molecule has 2 unspecified atom stereocenters. The van der Waals surface area contributed by atoms with Gasteiger partial charge in [-0.2, -0.15) is 0 Å². The second-order valence-electron chi connectivity index (χ2n) is 9.23. The third-order valence-electron chi connectivity index (χ3n) is 6.65. The minimum absolute atomic E-state index is 0.116. The molecule has 0 bridgehead atoms. The third-order valence-corrected chi connectivity index (χ3v) is 6.65. The van der Waals surface area contributed by atoms with Crippen LogP contribution in [0.25, 0.3) is 0 Å². The molecule has 3 aromatic rings. The van der Waals surface area contributed by atoms with Crippen molar-refractivity contribution in [3.63, 3.8) is 0 Å². The van der Waals surface area contributed by atoms with E-state index in [-0.39, 0.29) is 23.7 Å². The first-order valence-electron chi connectivity index (χ1n) is 12.6. The van der Waals surface area contributed by atoms with Gasteiger partial charge in [0.1, 0.15) is 11.6 Å². The van der Waals surface area contributed by atoms with E-state index >= 15 is 0 Å². The van der Waals surface area contributed by atoms with Crippen LogP contribution < -0.4 is 10.1 Å². The predicted molar refractivity (Wildman–Crippen MR) is 138 cm³/mol. The number of amides is 2. The number of ether oxygens (including phenoxy) is 1. The van der Waals surface area contributed by atoms with Crippen molar-refractivity contribution >= 4 is 11.8 Å². The highest BCUT2D eigenvalue weighted by atomic mass is 19.1. The molecule has 4 rings (SSSR count). The van der Waals surface area contributed by atoms with Gasteiger partial charge in [-0.1, -0.05) is 61.9 Å². The number of hydrogen-bond acceptors (Lipinski definition) is 3. The average molecular weight is 489 g/mol. The van der Waals surface area contributed by atoms with Crippen LogP contribution in [-0.2, 0) is 22.6 Å². The number of carbonyl (C=O) groups excluding carboxylic acids is 2. The number of nitrogens with one attached hydrogen (secondary N) is 1. The summed E-state index contributed by atoms with van der Waals surface area (Å²) in [6.07, 6.45) is 1.05. The van der Waals surface area contributed by atoms with Crippen molar-refractivity contribution in [2.75, 3.05) is 6.54 Å². The van der Waals surface area contributed by atoms with E-state index in [2.05, 4.69) is 30.4 Å². The van der Waals surface area contributed by atoms with Gasteiger partial charge < -0.3 is 15.0 Å².